The van der Waals surface area contributed by atoms with Gasteiger partial charge in [0.1, 0.15) is 5.75 Å². The Labute approximate surface area is 126 Å². The number of ether oxygens (including phenoxy) is 1. The molecule has 0 aromatic heterocycles. The molecule has 2 aromatic carbocycles. The van der Waals surface area contributed by atoms with E-state index in [1.54, 1.807) is 19.1 Å². The van der Waals surface area contributed by atoms with Crippen LogP contribution in [0.1, 0.15) is 11.1 Å². The second-order valence-corrected chi connectivity index (χ2v) is 5.11. The normalized spacial score (nSPS) is 15.8. The van der Waals surface area contributed by atoms with E-state index >= 15 is 0 Å². The molecule has 1 aliphatic heterocycles. The molecule has 1 unspecified atom stereocenters. The topological polar surface area (TPSA) is 81.5 Å². The molecule has 1 N–H and O–H groups in total. The summed E-state index contributed by atoms with van der Waals surface area (Å²) >= 11 is 0. The van der Waals surface area contributed by atoms with E-state index in [1.807, 2.05) is 24.3 Å². The molecular weight excluding hydrogens is 284 g/mol. The molecule has 112 valence electrons. The molecule has 6 nitrogen and oxygen atoms in total. The Morgan fingerprint density at radius 3 is 2.77 bits per heavy atom. The lowest BCUT2D eigenvalue weighted by Gasteiger charge is -2.13. The maximum atomic E-state index is 12.3. The summed E-state index contributed by atoms with van der Waals surface area (Å²) in [5, 5.41) is 13.6. The molecular formula is C16H14N2O4. The summed E-state index contributed by atoms with van der Waals surface area (Å²) in [6.07, 6.45) is -0.119. The van der Waals surface area contributed by atoms with Gasteiger partial charge in [-0.3, -0.25) is 14.9 Å². The Morgan fingerprint density at radius 2 is 2.05 bits per heavy atom. The Balaban J connectivity index is 1.76. The summed E-state index contributed by atoms with van der Waals surface area (Å²) in [7, 11) is 0. The first-order valence-corrected chi connectivity index (χ1v) is 6.85. The number of nitrogens with zero attached hydrogens (tertiary/aromatic N) is 1. The van der Waals surface area contributed by atoms with Gasteiger partial charge in [-0.25, -0.2) is 0 Å². The molecule has 1 amide bonds. The highest BCUT2D eigenvalue weighted by Gasteiger charge is 2.29. The lowest BCUT2D eigenvalue weighted by atomic mass is 10.1. The predicted molar refractivity (Wildman–Crippen MR) is 81.0 cm³/mol. The van der Waals surface area contributed by atoms with Gasteiger partial charge in [0.05, 0.1) is 16.2 Å². The zero-order chi connectivity index (χ0) is 15.7. The Morgan fingerprint density at radius 1 is 1.27 bits per heavy atom. The number of carbonyl (C=O) groups is 1. The first kappa shape index (κ1) is 14.1. The Kier molecular flexibility index (Phi) is 3.50. The van der Waals surface area contributed by atoms with Gasteiger partial charge in [0.15, 0.2) is 6.10 Å². The van der Waals surface area contributed by atoms with E-state index < -0.39 is 11.0 Å². The highest BCUT2D eigenvalue weighted by molar-refractivity contribution is 5.96. The maximum absolute atomic E-state index is 12.3. The van der Waals surface area contributed by atoms with Crippen LogP contribution in [0.4, 0.5) is 11.4 Å². The van der Waals surface area contributed by atoms with Crippen LogP contribution in [-0.4, -0.2) is 16.9 Å². The van der Waals surface area contributed by atoms with Crippen LogP contribution in [0.2, 0.25) is 0 Å². The minimum Gasteiger partial charge on any atom is -0.480 e. The van der Waals surface area contributed by atoms with Gasteiger partial charge in [-0.2, -0.15) is 0 Å². The molecule has 1 heterocycles. The van der Waals surface area contributed by atoms with Crippen molar-refractivity contribution >= 4 is 17.3 Å². The SMILES string of the molecule is Cc1c(NC(=O)C2Cc3ccccc3O2)cccc1[N+](=O)[O-]. The molecule has 0 saturated carbocycles. The largest absolute Gasteiger partial charge is 0.480 e. The highest BCUT2D eigenvalue weighted by Crippen LogP contribution is 2.30. The molecule has 0 bridgehead atoms. The number of anilines is 1. The monoisotopic (exact) mass is 298 g/mol. The van der Waals surface area contributed by atoms with Crippen LogP contribution in [0, 0.1) is 17.0 Å². The molecule has 0 radical (unpaired) electrons. The van der Waals surface area contributed by atoms with Gasteiger partial charge in [0.25, 0.3) is 11.6 Å². The van der Waals surface area contributed by atoms with Crippen molar-refractivity contribution in [1.82, 2.24) is 0 Å². The van der Waals surface area contributed by atoms with Crippen molar-refractivity contribution in [3.63, 3.8) is 0 Å². The lowest BCUT2D eigenvalue weighted by Crippen LogP contribution is -2.31. The van der Waals surface area contributed by atoms with Crippen LogP contribution in [0.15, 0.2) is 42.5 Å². The third-order valence-electron chi connectivity index (χ3n) is 3.70. The number of hydrogen-bond acceptors (Lipinski definition) is 4. The van der Waals surface area contributed by atoms with Crippen molar-refractivity contribution in [3.05, 3.63) is 63.7 Å². The number of benzene rings is 2. The first-order valence-electron chi connectivity index (χ1n) is 6.85. The van der Waals surface area contributed by atoms with E-state index in [0.717, 1.165) is 5.56 Å². The van der Waals surface area contributed by atoms with E-state index in [0.29, 0.717) is 23.4 Å². The summed E-state index contributed by atoms with van der Waals surface area (Å²) in [6, 6.07) is 12.1. The van der Waals surface area contributed by atoms with Crippen molar-refractivity contribution in [2.24, 2.45) is 0 Å². The summed E-state index contributed by atoms with van der Waals surface area (Å²) in [6.45, 7) is 1.61. The zero-order valence-corrected chi connectivity index (χ0v) is 11.9. The summed E-state index contributed by atoms with van der Waals surface area (Å²) in [5.41, 5.74) is 1.82. The zero-order valence-electron chi connectivity index (χ0n) is 11.9. The van der Waals surface area contributed by atoms with E-state index in [-0.39, 0.29) is 11.6 Å². The minimum absolute atomic E-state index is 0.0200. The highest BCUT2D eigenvalue weighted by atomic mass is 16.6. The number of nitro benzene ring substituents is 1. The Bertz CT molecular complexity index is 733. The third kappa shape index (κ3) is 2.50. The second kappa shape index (κ2) is 5.48. The fourth-order valence-corrected chi connectivity index (χ4v) is 2.50. The Hall–Kier alpha value is -2.89. The standard InChI is InChI=1S/C16H14N2O4/c1-10-12(6-4-7-13(10)18(20)21)17-16(19)15-9-11-5-2-3-8-14(11)22-15/h2-8,15H,9H2,1H3,(H,17,19). The second-order valence-electron chi connectivity index (χ2n) is 5.11. The summed E-state index contributed by atoms with van der Waals surface area (Å²) in [4.78, 5) is 22.8. The molecule has 1 atom stereocenters. The molecule has 3 rings (SSSR count). The lowest BCUT2D eigenvalue weighted by molar-refractivity contribution is -0.385. The number of carbonyl (C=O) groups excluding carboxylic acids is 1. The van der Waals surface area contributed by atoms with Gasteiger partial charge in [-0.05, 0) is 24.6 Å². The number of amides is 1. The van der Waals surface area contributed by atoms with Crippen molar-refractivity contribution in [2.45, 2.75) is 19.4 Å². The van der Waals surface area contributed by atoms with Crippen LogP contribution >= 0.6 is 0 Å². The minimum atomic E-state index is -0.615. The van der Waals surface area contributed by atoms with E-state index in [1.165, 1.54) is 6.07 Å². The van der Waals surface area contributed by atoms with Crippen molar-refractivity contribution in [2.75, 3.05) is 5.32 Å². The molecule has 0 spiro atoms. The number of hydrogen-bond donors (Lipinski definition) is 1. The van der Waals surface area contributed by atoms with Gasteiger partial charge in [-0.1, -0.05) is 24.3 Å². The molecule has 6 heteroatoms. The average molecular weight is 298 g/mol. The molecule has 1 aliphatic rings. The number of para-hydroxylation sites is 1. The molecule has 0 saturated heterocycles. The van der Waals surface area contributed by atoms with E-state index in [4.69, 9.17) is 4.74 Å². The number of nitro groups is 1. The van der Waals surface area contributed by atoms with Gasteiger partial charge < -0.3 is 10.1 Å². The smallest absolute Gasteiger partial charge is 0.274 e. The van der Waals surface area contributed by atoms with Crippen molar-refractivity contribution in [1.29, 1.82) is 0 Å². The molecule has 0 fully saturated rings. The van der Waals surface area contributed by atoms with Crippen molar-refractivity contribution in [3.8, 4) is 5.75 Å². The van der Waals surface area contributed by atoms with Gasteiger partial charge in [-0.15, -0.1) is 0 Å². The summed E-state index contributed by atoms with van der Waals surface area (Å²) < 4.78 is 5.61. The van der Waals surface area contributed by atoms with Gasteiger partial charge >= 0.3 is 0 Å². The van der Waals surface area contributed by atoms with Crippen LogP contribution < -0.4 is 10.1 Å². The first-order chi connectivity index (χ1) is 10.6. The van der Waals surface area contributed by atoms with E-state index in [9.17, 15) is 14.9 Å². The van der Waals surface area contributed by atoms with Crippen LogP contribution in [0.25, 0.3) is 0 Å². The average Bonchev–Trinajstić information content (AvgIpc) is 2.93. The fourth-order valence-electron chi connectivity index (χ4n) is 2.50. The fraction of sp³-hybridized carbons (Fsp3) is 0.188. The molecule has 2 aromatic rings. The third-order valence-corrected chi connectivity index (χ3v) is 3.70. The van der Waals surface area contributed by atoms with Crippen molar-refractivity contribution < 1.29 is 14.5 Å². The van der Waals surface area contributed by atoms with Gasteiger partial charge in [0.2, 0.25) is 0 Å². The van der Waals surface area contributed by atoms with Crippen LogP contribution in [0.5, 0.6) is 5.75 Å². The number of rotatable bonds is 3. The van der Waals surface area contributed by atoms with Crippen LogP contribution in [-0.2, 0) is 11.2 Å². The quantitative estimate of drug-likeness (QED) is 0.698. The van der Waals surface area contributed by atoms with Gasteiger partial charge in [0, 0.05) is 12.5 Å². The van der Waals surface area contributed by atoms with Crippen LogP contribution in [0.3, 0.4) is 0 Å². The van der Waals surface area contributed by atoms with E-state index in [2.05, 4.69) is 5.32 Å². The summed E-state index contributed by atoms with van der Waals surface area (Å²) in [5.74, 6) is 0.401. The number of fused-ring (bicyclic) bond motifs is 1. The predicted octanol–water partition coefficient (Wildman–Crippen LogP) is 2.85. The maximum Gasteiger partial charge on any atom is 0.274 e. The number of nitrogens with one attached hydrogen (secondary N) is 1. The molecule has 22 heavy (non-hydrogen) atoms. The molecule has 0 aliphatic carbocycles.